The average Bonchev–Trinajstić information content (AvgIpc) is 2.98. The largest absolute Gasteiger partial charge is 0.495 e. The Kier molecular flexibility index (Phi) is 2.42. The molecule has 0 aliphatic carbocycles. The van der Waals surface area contributed by atoms with E-state index in [1.165, 1.54) is 11.1 Å². The molecule has 0 saturated heterocycles. The summed E-state index contributed by atoms with van der Waals surface area (Å²) in [5.41, 5.74) is 3.28. The molecular formula is C13H14O3. The van der Waals surface area contributed by atoms with Gasteiger partial charge >= 0.3 is 0 Å². The molecule has 1 aromatic rings. The van der Waals surface area contributed by atoms with Crippen LogP contribution in [0.25, 0.3) is 0 Å². The van der Waals surface area contributed by atoms with Gasteiger partial charge in [0.25, 0.3) is 0 Å². The second-order valence-corrected chi connectivity index (χ2v) is 4.17. The van der Waals surface area contributed by atoms with E-state index in [9.17, 15) is 5.11 Å². The molecule has 0 bridgehead atoms. The van der Waals surface area contributed by atoms with E-state index in [0.717, 1.165) is 12.0 Å². The molecule has 3 nitrogen and oxygen atoms in total. The van der Waals surface area contributed by atoms with Crippen LogP contribution in [0.15, 0.2) is 30.0 Å². The van der Waals surface area contributed by atoms with Gasteiger partial charge in [0, 0.05) is 6.42 Å². The van der Waals surface area contributed by atoms with Crippen LogP contribution in [-0.4, -0.2) is 11.7 Å². The summed E-state index contributed by atoms with van der Waals surface area (Å²) in [4.78, 5) is 0. The third kappa shape index (κ3) is 1.62. The van der Waals surface area contributed by atoms with Gasteiger partial charge in [0.2, 0.25) is 0 Å². The summed E-state index contributed by atoms with van der Waals surface area (Å²) in [5.74, 6) is 0.680. The van der Waals surface area contributed by atoms with Crippen molar-refractivity contribution in [2.45, 2.75) is 25.7 Å². The van der Waals surface area contributed by atoms with Crippen molar-refractivity contribution in [3.63, 3.8) is 0 Å². The SMILES string of the molecule is OC(C1=CCCO1)c1ccc2c(c1)COC2. The first-order chi connectivity index (χ1) is 7.84. The zero-order valence-corrected chi connectivity index (χ0v) is 8.98. The molecule has 1 unspecified atom stereocenters. The maximum atomic E-state index is 10.1. The van der Waals surface area contributed by atoms with Gasteiger partial charge in [-0.25, -0.2) is 0 Å². The maximum Gasteiger partial charge on any atom is 0.136 e. The fourth-order valence-electron chi connectivity index (χ4n) is 2.15. The third-order valence-corrected chi connectivity index (χ3v) is 3.06. The Labute approximate surface area is 94.3 Å². The van der Waals surface area contributed by atoms with Crippen LogP contribution in [0.5, 0.6) is 0 Å². The number of aliphatic hydroxyl groups is 1. The molecule has 0 amide bonds. The van der Waals surface area contributed by atoms with Crippen molar-refractivity contribution in [2.24, 2.45) is 0 Å². The van der Waals surface area contributed by atoms with Crippen LogP contribution < -0.4 is 0 Å². The van der Waals surface area contributed by atoms with E-state index in [1.807, 2.05) is 24.3 Å². The van der Waals surface area contributed by atoms with Crippen LogP contribution in [0.4, 0.5) is 0 Å². The number of ether oxygens (including phenoxy) is 2. The van der Waals surface area contributed by atoms with Crippen molar-refractivity contribution in [3.8, 4) is 0 Å². The summed E-state index contributed by atoms with van der Waals surface area (Å²) in [5, 5.41) is 10.1. The molecule has 3 rings (SSSR count). The van der Waals surface area contributed by atoms with Gasteiger partial charge in [-0.15, -0.1) is 0 Å². The Hall–Kier alpha value is -1.32. The molecule has 16 heavy (non-hydrogen) atoms. The molecule has 0 saturated carbocycles. The second kappa shape index (κ2) is 3.92. The van der Waals surface area contributed by atoms with E-state index in [2.05, 4.69) is 0 Å². The fourth-order valence-corrected chi connectivity index (χ4v) is 2.15. The number of hydrogen-bond acceptors (Lipinski definition) is 3. The monoisotopic (exact) mass is 218 g/mol. The summed E-state index contributed by atoms with van der Waals surface area (Å²) in [6.07, 6.45) is 2.21. The van der Waals surface area contributed by atoms with E-state index in [4.69, 9.17) is 9.47 Å². The molecule has 3 heteroatoms. The highest BCUT2D eigenvalue weighted by molar-refractivity contribution is 5.36. The van der Waals surface area contributed by atoms with E-state index in [0.29, 0.717) is 25.6 Å². The summed E-state index contributed by atoms with van der Waals surface area (Å²) in [6, 6.07) is 5.98. The molecule has 1 N–H and O–H groups in total. The number of rotatable bonds is 2. The Morgan fingerprint density at radius 2 is 2.06 bits per heavy atom. The van der Waals surface area contributed by atoms with Gasteiger partial charge in [0.05, 0.1) is 19.8 Å². The molecule has 2 heterocycles. The number of hydrogen-bond donors (Lipinski definition) is 1. The Bertz CT molecular complexity index is 437. The fraction of sp³-hybridized carbons (Fsp3) is 0.385. The average molecular weight is 218 g/mol. The first kappa shape index (κ1) is 9.87. The predicted octanol–water partition coefficient (Wildman–Crippen LogP) is 2.05. The van der Waals surface area contributed by atoms with Crippen LogP contribution in [0.2, 0.25) is 0 Å². The van der Waals surface area contributed by atoms with Gasteiger partial charge in [0.1, 0.15) is 11.9 Å². The lowest BCUT2D eigenvalue weighted by Gasteiger charge is -2.13. The Morgan fingerprint density at radius 3 is 2.88 bits per heavy atom. The van der Waals surface area contributed by atoms with Crippen LogP contribution in [0.1, 0.15) is 29.2 Å². The number of aliphatic hydroxyl groups excluding tert-OH is 1. The van der Waals surface area contributed by atoms with Gasteiger partial charge < -0.3 is 14.6 Å². The smallest absolute Gasteiger partial charge is 0.136 e. The van der Waals surface area contributed by atoms with Crippen LogP contribution in [0, 0.1) is 0 Å². The minimum absolute atomic E-state index is 0.631. The van der Waals surface area contributed by atoms with Crippen LogP contribution >= 0.6 is 0 Å². The van der Waals surface area contributed by atoms with Crippen molar-refractivity contribution in [3.05, 3.63) is 46.7 Å². The maximum absolute atomic E-state index is 10.1. The standard InChI is InChI=1S/C13H14O3/c14-13(12-2-1-5-16-12)9-3-4-10-7-15-8-11(10)6-9/h2-4,6,13-14H,1,5,7-8H2. The van der Waals surface area contributed by atoms with Crippen molar-refractivity contribution in [1.82, 2.24) is 0 Å². The molecule has 0 fully saturated rings. The first-order valence-electron chi connectivity index (χ1n) is 5.55. The van der Waals surface area contributed by atoms with E-state index >= 15 is 0 Å². The molecule has 0 spiro atoms. The highest BCUT2D eigenvalue weighted by Gasteiger charge is 2.20. The van der Waals surface area contributed by atoms with Gasteiger partial charge in [-0.05, 0) is 22.8 Å². The summed E-state index contributed by atoms with van der Waals surface area (Å²) in [7, 11) is 0. The minimum atomic E-state index is -0.631. The van der Waals surface area contributed by atoms with Crippen LogP contribution in [0.3, 0.4) is 0 Å². The number of fused-ring (bicyclic) bond motifs is 1. The molecule has 84 valence electrons. The molecule has 0 radical (unpaired) electrons. The van der Waals surface area contributed by atoms with Crippen molar-refractivity contribution >= 4 is 0 Å². The van der Waals surface area contributed by atoms with Crippen LogP contribution in [-0.2, 0) is 22.7 Å². The lowest BCUT2D eigenvalue weighted by molar-refractivity contribution is 0.118. The van der Waals surface area contributed by atoms with Crippen molar-refractivity contribution in [1.29, 1.82) is 0 Å². The van der Waals surface area contributed by atoms with Crippen molar-refractivity contribution in [2.75, 3.05) is 6.61 Å². The second-order valence-electron chi connectivity index (χ2n) is 4.17. The molecule has 2 aliphatic heterocycles. The van der Waals surface area contributed by atoms with Gasteiger partial charge in [0.15, 0.2) is 0 Å². The van der Waals surface area contributed by atoms with Gasteiger partial charge in [-0.3, -0.25) is 0 Å². The van der Waals surface area contributed by atoms with E-state index in [-0.39, 0.29) is 0 Å². The molecule has 1 aromatic carbocycles. The summed E-state index contributed by atoms with van der Waals surface area (Å²) in [6.45, 7) is 2.02. The Morgan fingerprint density at radius 1 is 1.19 bits per heavy atom. The molecule has 2 aliphatic rings. The zero-order chi connectivity index (χ0) is 11.0. The summed E-state index contributed by atoms with van der Waals surface area (Å²) < 4.78 is 10.7. The first-order valence-corrected chi connectivity index (χ1v) is 5.55. The summed E-state index contributed by atoms with van der Waals surface area (Å²) >= 11 is 0. The zero-order valence-electron chi connectivity index (χ0n) is 8.98. The molecular weight excluding hydrogens is 204 g/mol. The lowest BCUT2D eigenvalue weighted by atomic mass is 10.0. The molecule has 0 aromatic heterocycles. The highest BCUT2D eigenvalue weighted by Crippen LogP contribution is 2.29. The quantitative estimate of drug-likeness (QED) is 0.825. The lowest BCUT2D eigenvalue weighted by Crippen LogP contribution is -2.03. The minimum Gasteiger partial charge on any atom is -0.495 e. The van der Waals surface area contributed by atoms with E-state index < -0.39 is 6.10 Å². The van der Waals surface area contributed by atoms with E-state index in [1.54, 1.807) is 0 Å². The predicted molar refractivity (Wildman–Crippen MR) is 58.5 cm³/mol. The van der Waals surface area contributed by atoms with Crippen molar-refractivity contribution < 1.29 is 14.6 Å². The molecule has 1 atom stereocenters. The topological polar surface area (TPSA) is 38.7 Å². The normalized spacial score (nSPS) is 20.2. The Balaban J connectivity index is 1.89. The number of benzene rings is 1. The van der Waals surface area contributed by atoms with Gasteiger partial charge in [-0.1, -0.05) is 18.2 Å². The third-order valence-electron chi connectivity index (χ3n) is 3.06. The van der Waals surface area contributed by atoms with Gasteiger partial charge in [-0.2, -0.15) is 0 Å². The highest BCUT2D eigenvalue weighted by atomic mass is 16.5.